The zero-order chi connectivity index (χ0) is 17.8. The number of nitrogens with one attached hydrogen (secondary N) is 2. The number of carbonyl (C=O) groups is 1. The Morgan fingerprint density at radius 3 is 2.40 bits per heavy atom. The zero-order valence-corrected chi connectivity index (χ0v) is 15.4. The standard InChI is InChI=1S/C21H27N3O/c1-16-8-7-11-20(17(16)2)24-14-12-23(13-15-24)18(3)21(25)22-19-9-5-4-6-10-19/h4-11,18H,12-15H2,1-3H3,(H,22,25)/p+1/t18-/m1/s1. The molecule has 4 heteroatoms. The average molecular weight is 338 g/mol. The van der Waals surface area contributed by atoms with E-state index in [0.29, 0.717) is 0 Å². The largest absolute Gasteiger partial charge is 0.360 e. The highest BCUT2D eigenvalue weighted by molar-refractivity contribution is 5.93. The van der Waals surface area contributed by atoms with E-state index in [4.69, 9.17) is 0 Å². The zero-order valence-electron chi connectivity index (χ0n) is 15.4. The lowest BCUT2D eigenvalue weighted by Gasteiger charge is -2.36. The van der Waals surface area contributed by atoms with Crippen LogP contribution >= 0.6 is 0 Å². The lowest BCUT2D eigenvalue weighted by molar-refractivity contribution is -0.914. The van der Waals surface area contributed by atoms with Crippen LogP contribution in [-0.4, -0.2) is 38.1 Å². The van der Waals surface area contributed by atoms with Crippen molar-refractivity contribution in [2.45, 2.75) is 26.8 Å². The van der Waals surface area contributed by atoms with Crippen LogP contribution in [0.4, 0.5) is 11.4 Å². The van der Waals surface area contributed by atoms with Gasteiger partial charge in [0.1, 0.15) is 0 Å². The van der Waals surface area contributed by atoms with Crippen molar-refractivity contribution >= 4 is 17.3 Å². The van der Waals surface area contributed by atoms with Crippen LogP contribution in [0.25, 0.3) is 0 Å². The molecule has 1 amide bonds. The molecule has 1 aliphatic heterocycles. The summed E-state index contributed by atoms with van der Waals surface area (Å²) in [5, 5.41) is 3.03. The first-order chi connectivity index (χ1) is 12.1. The van der Waals surface area contributed by atoms with Gasteiger partial charge in [-0.3, -0.25) is 4.79 Å². The van der Waals surface area contributed by atoms with Crippen LogP contribution in [0.5, 0.6) is 0 Å². The average Bonchev–Trinajstić information content (AvgIpc) is 2.64. The summed E-state index contributed by atoms with van der Waals surface area (Å²) in [5.41, 5.74) is 4.90. The second-order valence-corrected chi connectivity index (χ2v) is 6.94. The lowest BCUT2D eigenvalue weighted by Crippen LogP contribution is -3.19. The Hall–Kier alpha value is -2.33. The fourth-order valence-electron chi connectivity index (χ4n) is 3.50. The summed E-state index contributed by atoms with van der Waals surface area (Å²) in [4.78, 5) is 16.3. The predicted octanol–water partition coefficient (Wildman–Crippen LogP) is 2.04. The summed E-state index contributed by atoms with van der Waals surface area (Å²) in [6.07, 6.45) is 0. The third-order valence-electron chi connectivity index (χ3n) is 5.37. The number of piperazine rings is 1. The van der Waals surface area contributed by atoms with Gasteiger partial charge in [0.15, 0.2) is 6.04 Å². The Morgan fingerprint density at radius 2 is 1.72 bits per heavy atom. The van der Waals surface area contributed by atoms with Crippen molar-refractivity contribution in [2.24, 2.45) is 0 Å². The molecule has 132 valence electrons. The van der Waals surface area contributed by atoms with Crippen molar-refractivity contribution < 1.29 is 9.69 Å². The van der Waals surface area contributed by atoms with E-state index >= 15 is 0 Å². The van der Waals surface area contributed by atoms with Crippen molar-refractivity contribution in [1.29, 1.82) is 0 Å². The number of nitrogens with zero attached hydrogens (tertiary/aromatic N) is 1. The molecule has 1 atom stereocenters. The van der Waals surface area contributed by atoms with Crippen LogP contribution in [0.2, 0.25) is 0 Å². The molecule has 3 rings (SSSR count). The number of quaternary nitrogens is 1. The number of carbonyl (C=O) groups excluding carboxylic acids is 1. The van der Waals surface area contributed by atoms with E-state index in [9.17, 15) is 4.79 Å². The second kappa shape index (κ2) is 7.70. The Morgan fingerprint density at radius 1 is 1.04 bits per heavy atom. The SMILES string of the molecule is Cc1cccc(N2CC[NH+]([C@H](C)C(=O)Nc3ccccc3)CC2)c1C. The van der Waals surface area contributed by atoms with E-state index in [1.165, 1.54) is 21.7 Å². The molecular formula is C21H28N3O+. The van der Waals surface area contributed by atoms with Gasteiger partial charge in [-0.15, -0.1) is 0 Å². The topological polar surface area (TPSA) is 36.8 Å². The lowest BCUT2D eigenvalue weighted by atomic mass is 10.1. The third kappa shape index (κ3) is 4.02. The number of anilines is 2. The van der Waals surface area contributed by atoms with Crippen LogP contribution in [0.3, 0.4) is 0 Å². The molecule has 1 fully saturated rings. The molecule has 0 saturated carbocycles. The van der Waals surface area contributed by atoms with E-state index in [1.54, 1.807) is 0 Å². The molecule has 1 saturated heterocycles. The first kappa shape index (κ1) is 17.5. The molecule has 0 aliphatic carbocycles. The summed E-state index contributed by atoms with van der Waals surface area (Å²) >= 11 is 0. The summed E-state index contributed by atoms with van der Waals surface area (Å²) in [5.74, 6) is 0.0985. The van der Waals surface area contributed by atoms with E-state index in [1.807, 2.05) is 37.3 Å². The molecule has 0 radical (unpaired) electrons. The fraction of sp³-hybridized carbons (Fsp3) is 0.381. The summed E-state index contributed by atoms with van der Waals surface area (Å²) in [6, 6.07) is 16.2. The maximum atomic E-state index is 12.5. The van der Waals surface area contributed by atoms with Gasteiger partial charge in [0.2, 0.25) is 0 Å². The van der Waals surface area contributed by atoms with Gasteiger partial charge in [-0.1, -0.05) is 30.3 Å². The number of amides is 1. The van der Waals surface area contributed by atoms with E-state index in [-0.39, 0.29) is 11.9 Å². The molecular weight excluding hydrogens is 310 g/mol. The molecule has 2 aromatic rings. The van der Waals surface area contributed by atoms with Gasteiger partial charge in [0.05, 0.1) is 26.2 Å². The van der Waals surface area contributed by atoms with Gasteiger partial charge in [-0.25, -0.2) is 0 Å². The smallest absolute Gasteiger partial charge is 0.282 e. The number of benzene rings is 2. The highest BCUT2D eigenvalue weighted by Gasteiger charge is 2.29. The minimum absolute atomic E-state index is 0.0408. The molecule has 2 N–H and O–H groups in total. The molecule has 0 bridgehead atoms. The molecule has 0 aromatic heterocycles. The van der Waals surface area contributed by atoms with Gasteiger partial charge in [0, 0.05) is 11.4 Å². The molecule has 2 aromatic carbocycles. The highest BCUT2D eigenvalue weighted by atomic mass is 16.2. The molecule has 25 heavy (non-hydrogen) atoms. The van der Waals surface area contributed by atoms with Crippen LogP contribution in [-0.2, 0) is 4.79 Å². The van der Waals surface area contributed by atoms with E-state index in [0.717, 1.165) is 31.9 Å². The van der Waals surface area contributed by atoms with E-state index < -0.39 is 0 Å². The van der Waals surface area contributed by atoms with Gasteiger partial charge >= 0.3 is 0 Å². The Balaban J connectivity index is 1.58. The number of hydrogen-bond donors (Lipinski definition) is 2. The number of rotatable bonds is 4. The van der Waals surface area contributed by atoms with E-state index in [2.05, 4.69) is 42.3 Å². The van der Waals surface area contributed by atoms with Crippen molar-refractivity contribution in [3.05, 3.63) is 59.7 Å². The highest BCUT2D eigenvalue weighted by Crippen LogP contribution is 2.22. The van der Waals surface area contributed by atoms with Crippen LogP contribution in [0.1, 0.15) is 18.1 Å². The summed E-state index contributed by atoms with van der Waals surface area (Å²) in [6.45, 7) is 10.3. The molecule has 0 spiro atoms. The van der Waals surface area contributed by atoms with Crippen molar-refractivity contribution in [3.63, 3.8) is 0 Å². The number of hydrogen-bond acceptors (Lipinski definition) is 2. The summed E-state index contributed by atoms with van der Waals surface area (Å²) < 4.78 is 0. The third-order valence-corrected chi connectivity index (χ3v) is 5.37. The monoisotopic (exact) mass is 338 g/mol. The first-order valence-electron chi connectivity index (χ1n) is 9.08. The van der Waals surface area contributed by atoms with Crippen molar-refractivity contribution in [3.8, 4) is 0 Å². The second-order valence-electron chi connectivity index (χ2n) is 6.94. The fourth-order valence-corrected chi connectivity index (χ4v) is 3.50. The Kier molecular flexibility index (Phi) is 5.39. The van der Waals surface area contributed by atoms with Gasteiger partial charge < -0.3 is 15.1 Å². The maximum Gasteiger partial charge on any atom is 0.282 e. The quantitative estimate of drug-likeness (QED) is 0.895. The van der Waals surface area contributed by atoms with Crippen LogP contribution < -0.4 is 15.1 Å². The molecule has 0 unspecified atom stereocenters. The van der Waals surface area contributed by atoms with Crippen LogP contribution in [0, 0.1) is 13.8 Å². The minimum Gasteiger partial charge on any atom is -0.360 e. The predicted molar refractivity (Wildman–Crippen MR) is 103 cm³/mol. The van der Waals surface area contributed by atoms with Gasteiger partial charge in [-0.05, 0) is 50.1 Å². The Bertz CT molecular complexity index is 721. The molecule has 1 aliphatic rings. The molecule has 1 heterocycles. The molecule has 4 nitrogen and oxygen atoms in total. The van der Waals surface area contributed by atoms with Crippen molar-refractivity contribution in [1.82, 2.24) is 0 Å². The van der Waals surface area contributed by atoms with Gasteiger partial charge in [-0.2, -0.15) is 0 Å². The number of aryl methyl sites for hydroxylation is 1. The van der Waals surface area contributed by atoms with Crippen LogP contribution in [0.15, 0.2) is 48.5 Å². The minimum atomic E-state index is -0.0408. The van der Waals surface area contributed by atoms with Crippen molar-refractivity contribution in [2.75, 3.05) is 36.4 Å². The van der Waals surface area contributed by atoms with Gasteiger partial charge in [0.25, 0.3) is 5.91 Å². The normalized spacial score (nSPS) is 16.5. The summed E-state index contributed by atoms with van der Waals surface area (Å²) in [7, 11) is 0. The Labute approximate surface area is 150 Å². The first-order valence-corrected chi connectivity index (χ1v) is 9.08. The maximum absolute atomic E-state index is 12.5. The number of para-hydroxylation sites is 1.